The summed E-state index contributed by atoms with van der Waals surface area (Å²) in [5, 5.41) is 2.16. The molecule has 0 radical (unpaired) electrons. The highest BCUT2D eigenvalue weighted by Gasteiger charge is 2.41. The highest BCUT2D eigenvalue weighted by atomic mass is 16.6. The van der Waals surface area contributed by atoms with Crippen LogP contribution < -0.4 is 10.5 Å². The number of benzene rings is 7. The van der Waals surface area contributed by atoms with E-state index in [-0.39, 0.29) is 6.04 Å². The number of hydrogen-bond acceptors (Lipinski definition) is 2. The molecule has 0 saturated heterocycles. The molecule has 2 nitrogen and oxygen atoms in total. The molecule has 7 aromatic rings. The summed E-state index contributed by atoms with van der Waals surface area (Å²) >= 11 is 0. The molecule has 1 aliphatic rings. The Morgan fingerprint density at radius 2 is 0.780 bits per heavy atom. The molecule has 8 rings (SSSR count). The van der Waals surface area contributed by atoms with E-state index in [1.165, 1.54) is 5.57 Å². The highest BCUT2D eigenvalue weighted by molar-refractivity contribution is 6.87. The third-order valence-electron chi connectivity index (χ3n) is 9.30. The maximum atomic E-state index is 7.63. The van der Waals surface area contributed by atoms with Crippen LogP contribution in [-0.4, -0.2) is 6.92 Å². The second kappa shape index (κ2) is 14.5. The van der Waals surface area contributed by atoms with Crippen LogP contribution >= 0.6 is 0 Å². The first-order valence-corrected chi connectivity index (χ1v) is 17.2. The summed E-state index contributed by atoms with van der Waals surface area (Å²) in [6, 6.07) is 74.9. The number of para-hydroxylation sites is 1. The summed E-state index contributed by atoms with van der Waals surface area (Å²) in [7, 11) is 0. The van der Waals surface area contributed by atoms with Gasteiger partial charge in [0.2, 0.25) is 0 Å². The SMILES string of the molecule is c1ccc(B2ON(c3ccccc3)[C@H](c3ccccc3)/C(c3ccccc3)=C(c3ccccc3)\C(c3ccccc3)=C/2c2ccccc2)cc1. The molecular formula is C47H36BNO. The number of rotatable bonds is 7. The van der Waals surface area contributed by atoms with Gasteiger partial charge in [-0.3, -0.25) is 5.06 Å². The molecule has 0 aromatic heterocycles. The minimum atomic E-state index is -0.462. The molecule has 0 unspecified atom stereocenters. The van der Waals surface area contributed by atoms with Gasteiger partial charge in [0.1, 0.15) is 6.04 Å². The van der Waals surface area contributed by atoms with Gasteiger partial charge in [-0.15, -0.1) is 0 Å². The van der Waals surface area contributed by atoms with Crippen LogP contribution in [0.1, 0.15) is 33.9 Å². The average molecular weight is 642 g/mol. The van der Waals surface area contributed by atoms with Crippen molar-refractivity contribution in [3.8, 4) is 0 Å². The van der Waals surface area contributed by atoms with E-state index < -0.39 is 6.92 Å². The first-order chi connectivity index (χ1) is 24.9. The molecule has 1 heterocycles. The fraction of sp³-hybridized carbons (Fsp3) is 0.0213. The van der Waals surface area contributed by atoms with E-state index in [9.17, 15) is 0 Å². The lowest BCUT2D eigenvalue weighted by atomic mass is 9.50. The molecule has 3 heteroatoms. The predicted octanol–water partition coefficient (Wildman–Crippen LogP) is 10.8. The van der Waals surface area contributed by atoms with E-state index in [0.717, 1.165) is 55.6 Å². The van der Waals surface area contributed by atoms with E-state index in [1.54, 1.807) is 0 Å². The molecule has 7 aromatic carbocycles. The van der Waals surface area contributed by atoms with Gasteiger partial charge < -0.3 is 4.76 Å². The van der Waals surface area contributed by atoms with Crippen molar-refractivity contribution in [2.75, 3.05) is 5.06 Å². The molecule has 50 heavy (non-hydrogen) atoms. The molecule has 0 bridgehead atoms. The fourth-order valence-corrected chi connectivity index (χ4v) is 7.10. The monoisotopic (exact) mass is 641 g/mol. The number of hydrogen-bond donors (Lipinski definition) is 0. The topological polar surface area (TPSA) is 12.5 Å². The Morgan fingerprint density at radius 3 is 1.30 bits per heavy atom. The predicted molar refractivity (Wildman–Crippen MR) is 210 cm³/mol. The molecule has 1 aliphatic heterocycles. The van der Waals surface area contributed by atoms with Crippen LogP contribution in [0, 0.1) is 0 Å². The lowest BCUT2D eigenvalue weighted by Crippen LogP contribution is -2.45. The highest BCUT2D eigenvalue weighted by Crippen LogP contribution is 2.51. The molecule has 0 fully saturated rings. The second-order valence-corrected chi connectivity index (χ2v) is 12.4. The van der Waals surface area contributed by atoms with Gasteiger partial charge in [0.05, 0.1) is 5.69 Å². The smallest absolute Gasteiger partial charge is 0.324 e. The van der Waals surface area contributed by atoms with Crippen LogP contribution in [0.5, 0.6) is 0 Å². The summed E-state index contributed by atoms with van der Waals surface area (Å²) in [5.41, 5.74) is 12.2. The van der Waals surface area contributed by atoms with Crippen LogP contribution in [0.15, 0.2) is 212 Å². The van der Waals surface area contributed by atoms with Crippen LogP contribution in [0.25, 0.3) is 22.2 Å². The summed E-state index contributed by atoms with van der Waals surface area (Å²) in [5.74, 6) is 0. The van der Waals surface area contributed by atoms with Gasteiger partial charge in [0.25, 0.3) is 0 Å². The summed E-state index contributed by atoms with van der Waals surface area (Å²) < 4.78 is 7.63. The minimum absolute atomic E-state index is 0.321. The maximum absolute atomic E-state index is 7.63. The van der Waals surface area contributed by atoms with E-state index in [1.807, 2.05) is 0 Å². The first kappa shape index (κ1) is 31.1. The van der Waals surface area contributed by atoms with Gasteiger partial charge in [-0.1, -0.05) is 200 Å². The Bertz CT molecular complexity index is 2200. The number of nitrogens with zero attached hydrogens (tertiary/aromatic N) is 1. The van der Waals surface area contributed by atoms with E-state index in [2.05, 4.69) is 217 Å². The van der Waals surface area contributed by atoms with Crippen LogP contribution in [0.4, 0.5) is 5.69 Å². The number of hydroxylamine groups is 1. The molecule has 0 N–H and O–H groups in total. The second-order valence-electron chi connectivity index (χ2n) is 12.4. The van der Waals surface area contributed by atoms with E-state index in [4.69, 9.17) is 4.76 Å². The fourth-order valence-electron chi connectivity index (χ4n) is 7.10. The van der Waals surface area contributed by atoms with Crippen molar-refractivity contribution in [3.63, 3.8) is 0 Å². The largest absolute Gasteiger partial charge is 0.396 e. The normalized spacial score (nSPS) is 18.0. The van der Waals surface area contributed by atoms with Crippen molar-refractivity contribution in [1.29, 1.82) is 0 Å². The standard InChI is InChI=1S/C47H36BNO/c1-8-22-36(23-9-1)43-44(37-24-10-2-11-25-37)46(39-28-14-4-15-29-39)48(41-32-18-6-19-33-41)50-49(42-34-20-7-21-35-42)47(40-30-16-5-17-31-40)45(43)38-26-12-3-13-27-38/h1-35,47H/b45-43-,46-44-/t47-/m1/s1. The lowest BCUT2D eigenvalue weighted by molar-refractivity contribution is 0.273. The van der Waals surface area contributed by atoms with E-state index >= 15 is 0 Å². The van der Waals surface area contributed by atoms with Gasteiger partial charge in [0.15, 0.2) is 0 Å². The first-order valence-electron chi connectivity index (χ1n) is 17.2. The Hall–Kier alpha value is -6.16. The van der Waals surface area contributed by atoms with E-state index in [0.29, 0.717) is 0 Å². The van der Waals surface area contributed by atoms with Crippen molar-refractivity contribution in [3.05, 3.63) is 240 Å². The number of allylic oxidation sites excluding steroid dienone is 2. The molecule has 238 valence electrons. The summed E-state index contributed by atoms with van der Waals surface area (Å²) in [4.78, 5) is 0. The summed E-state index contributed by atoms with van der Waals surface area (Å²) in [6.45, 7) is -0.462. The molecule has 0 spiro atoms. The van der Waals surface area contributed by atoms with Gasteiger partial charge in [0, 0.05) is 0 Å². The molecule has 1 atom stereocenters. The molecular weight excluding hydrogens is 605 g/mol. The zero-order valence-electron chi connectivity index (χ0n) is 27.7. The van der Waals surface area contributed by atoms with Crippen molar-refractivity contribution < 1.29 is 4.76 Å². The third-order valence-corrected chi connectivity index (χ3v) is 9.30. The quantitative estimate of drug-likeness (QED) is 0.161. The zero-order chi connectivity index (χ0) is 33.5. The van der Waals surface area contributed by atoms with Crippen molar-refractivity contribution in [2.24, 2.45) is 0 Å². The Balaban J connectivity index is 1.63. The van der Waals surface area contributed by atoms with Gasteiger partial charge in [-0.25, -0.2) is 0 Å². The van der Waals surface area contributed by atoms with Crippen molar-refractivity contribution >= 4 is 40.3 Å². The third kappa shape index (κ3) is 6.23. The minimum Gasteiger partial charge on any atom is -0.324 e. The van der Waals surface area contributed by atoms with Crippen molar-refractivity contribution in [2.45, 2.75) is 6.04 Å². The van der Waals surface area contributed by atoms with Crippen LogP contribution in [0.2, 0.25) is 0 Å². The molecule has 0 aliphatic carbocycles. The van der Waals surface area contributed by atoms with Gasteiger partial charge >= 0.3 is 6.92 Å². The Kier molecular flexibility index (Phi) is 9.05. The zero-order valence-corrected chi connectivity index (χ0v) is 27.7. The number of anilines is 1. The maximum Gasteiger partial charge on any atom is 0.396 e. The molecule has 0 saturated carbocycles. The van der Waals surface area contributed by atoms with Gasteiger partial charge in [-0.05, 0) is 67.6 Å². The van der Waals surface area contributed by atoms with Crippen LogP contribution in [0.3, 0.4) is 0 Å². The van der Waals surface area contributed by atoms with Crippen LogP contribution in [-0.2, 0) is 4.76 Å². The Morgan fingerprint density at radius 1 is 0.380 bits per heavy atom. The Labute approximate surface area is 295 Å². The lowest BCUT2D eigenvalue weighted by Gasteiger charge is -2.41. The average Bonchev–Trinajstić information content (AvgIpc) is 3.20. The molecule has 0 amide bonds. The summed E-state index contributed by atoms with van der Waals surface area (Å²) in [6.07, 6.45) is 0. The van der Waals surface area contributed by atoms with Crippen molar-refractivity contribution in [1.82, 2.24) is 0 Å². The van der Waals surface area contributed by atoms with Gasteiger partial charge in [-0.2, -0.15) is 0 Å².